The van der Waals surface area contributed by atoms with E-state index in [9.17, 15) is 14.7 Å². The normalized spacial score (nSPS) is 15.0. The number of benzene rings is 3. The van der Waals surface area contributed by atoms with Gasteiger partial charge in [0.2, 0.25) is 0 Å². The van der Waals surface area contributed by atoms with Crippen LogP contribution in [-0.4, -0.2) is 53.4 Å². The molecule has 0 spiro atoms. The Bertz CT molecular complexity index is 1400. The van der Waals surface area contributed by atoms with Crippen LogP contribution in [0.5, 0.6) is 17.2 Å². The van der Waals surface area contributed by atoms with Crippen molar-refractivity contribution in [3.63, 3.8) is 0 Å². The van der Waals surface area contributed by atoms with E-state index in [-0.39, 0.29) is 23.1 Å². The Morgan fingerprint density at radius 1 is 0.935 bits per heavy atom. The van der Waals surface area contributed by atoms with E-state index in [1.807, 2.05) is 81.1 Å². The minimum Gasteiger partial charge on any atom is -0.507 e. The maximum absolute atomic E-state index is 13.1. The van der Waals surface area contributed by atoms with Crippen LogP contribution in [0.25, 0.3) is 0 Å². The standard InChI is InChI=1S/C37H48N2O6S/c1-37(2,3)45-36(42)39-30(23-38-35(41)29-17-11-12-18-31(29)40)34(46-25-27-15-9-6-10-16-27)22-28-19-20-32(43-4)33(21-28)44-24-26-13-7-5-8-14-26/h5,7-8,11-14,17-21,27,30,34,40H,6,9-10,15-16,22-25H2,1-4H3,(H,38,41)(H,39,42). The van der Waals surface area contributed by atoms with Crippen molar-refractivity contribution >= 4 is 23.8 Å². The van der Waals surface area contributed by atoms with E-state index in [0.29, 0.717) is 30.4 Å². The SMILES string of the molecule is COc1ccc(CC(SCC2CCCCC2)C(CNC(=O)c2ccccc2O)NC(=O)OC(C)(C)C)cc1OCc1ccccc1. The van der Waals surface area contributed by atoms with Crippen molar-refractivity contribution in [1.82, 2.24) is 10.6 Å². The number of methoxy groups -OCH3 is 1. The van der Waals surface area contributed by atoms with Gasteiger partial charge in [-0.2, -0.15) is 11.8 Å². The molecule has 2 unspecified atom stereocenters. The molecule has 1 aliphatic rings. The maximum Gasteiger partial charge on any atom is 0.407 e. The number of carbonyl (C=O) groups is 2. The number of hydrogen-bond acceptors (Lipinski definition) is 7. The van der Waals surface area contributed by atoms with E-state index in [0.717, 1.165) is 16.9 Å². The van der Waals surface area contributed by atoms with Gasteiger partial charge in [0.1, 0.15) is 18.0 Å². The molecule has 3 aromatic rings. The number of phenols is 1. The van der Waals surface area contributed by atoms with E-state index in [1.165, 1.54) is 38.2 Å². The molecule has 8 nitrogen and oxygen atoms in total. The van der Waals surface area contributed by atoms with Gasteiger partial charge in [0, 0.05) is 11.8 Å². The summed E-state index contributed by atoms with van der Waals surface area (Å²) in [4.78, 5) is 26.2. The molecule has 1 fully saturated rings. The number of nitrogens with one attached hydrogen (secondary N) is 2. The summed E-state index contributed by atoms with van der Waals surface area (Å²) in [5, 5.41) is 16.2. The highest BCUT2D eigenvalue weighted by atomic mass is 32.2. The van der Waals surface area contributed by atoms with Gasteiger partial charge in [0.15, 0.2) is 11.5 Å². The van der Waals surface area contributed by atoms with Gasteiger partial charge in [-0.25, -0.2) is 4.79 Å². The van der Waals surface area contributed by atoms with Crippen LogP contribution in [-0.2, 0) is 17.8 Å². The van der Waals surface area contributed by atoms with Crippen molar-refractivity contribution in [1.29, 1.82) is 0 Å². The lowest BCUT2D eigenvalue weighted by molar-refractivity contribution is 0.0500. The lowest BCUT2D eigenvalue weighted by atomic mass is 9.91. The van der Waals surface area contributed by atoms with Crippen molar-refractivity contribution in [3.05, 3.63) is 89.5 Å². The molecule has 3 N–H and O–H groups in total. The van der Waals surface area contributed by atoms with E-state index in [2.05, 4.69) is 10.6 Å². The number of para-hydroxylation sites is 1. The zero-order chi connectivity index (χ0) is 32.9. The smallest absolute Gasteiger partial charge is 0.407 e. The Morgan fingerprint density at radius 3 is 2.35 bits per heavy atom. The predicted molar refractivity (Wildman–Crippen MR) is 184 cm³/mol. The molecule has 46 heavy (non-hydrogen) atoms. The molecular weight excluding hydrogens is 600 g/mol. The van der Waals surface area contributed by atoms with Crippen molar-refractivity contribution in [2.24, 2.45) is 5.92 Å². The van der Waals surface area contributed by atoms with E-state index >= 15 is 0 Å². The molecule has 0 saturated heterocycles. The number of alkyl carbamates (subject to hydrolysis) is 1. The lowest BCUT2D eigenvalue weighted by Crippen LogP contribution is -2.51. The summed E-state index contributed by atoms with van der Waals surface area (Å²) in [5.41, 5.74) is 1.57. The summed E-state index contributed by atoms with van der Waals surface area (Å²) < 4.78 is 17.5. The zero-order valence-corrected chi connectivity index (χ0v) is 28.2. The van der Waals surface area contributed by atoms with Gasteiger partial charge >= 0.3 is 6.09 Å². The van der Waals surface area contributed by atoms with Crippen LogP contribution in [0, 0.1) is 5.92 Å². The molecule has 3 aromatic carbocycles. The Labute approximate surface area is 277 Å². The van der Waals surface area contributed by atoms with Crippen LogP contribution in [0.15, 0.2) is 72.8 Å². The summed E-state index contributed by atoms with van der Waals surface area (Å²) in [5.74, 6) is 2.35. The third-order valence-electron chi connectivity index (χ3n) is 7.95. The fourth-order valence-corrected chi connectivity index (χ4v) is 7.12. The third-order valence-corrected chi connectivity index (χ3v) is 9.54. The first kappa shape index (κ1) is 35.0. The van der Waals surface area contributed by atoms with Gasteiger partial charge in [-0.15, -0.1) is 0 Å². The van der Waals surface area contributed by atoms with Crippen LogP contribution in [0.2, 0.25) is 0 Å². The molecule has 9 heteroatoms. The Hall–Kier alpha value is -3.85. The highest BCUT2D eigenvalue weighted by Gasteiger charge is 2.29. The minimum atomic E-state index is -0.681. The van der Waals surface area contributed by atoms with Crippen molar-refractivity contribution in [2.45, 2.75) is 82.8 Å². The van der Waals surface area contributed by atoms with Crippen molar-refractivity contribution < 1.29 is 28.9 Å². The van der Waals surface area contributed by atoms with E-state index in [4.69, 9.17) is 14.2 Å². The maximum atomic E-state index is 13.1. The van der Waals surface area contributed by atoms with Gasteiger partial charge in [0.05, 0.1) is 18.7 Å². The van der Waals surface area contributed by atoms with Crippen molar-refractivity contribution in [2.75, 3.05) is 19.4 Å². The average Bonchev–Trinajstić information content (AvgIpc) is 3.04. The van der Waals surface area contributed by atoms with E-state index in [1.54, 1.807) is 25.3 Å². The number of amides is 2. The molecule has 0 radical (unpaired) electrons. The number of hydrogen-bond donors (Lipinski definition) is 3. The summed E-state index contributed by atoms with van der Waals surface area (Å²) >= 11 is 1.82. The van der Waals surface area contributed by atoms with Gasteiger partial charge in [-0.05, 0) is 87.1 Å². The molecule has 2 atom stereocenters. The number of aromatic hydroxyl groups is 1. The fourth-order valence-electron chi connectivity index (χ4n) is 5.56. The largest absolute Gasteiger partial charge is 0.507 e. The first-order valence-corrected chi connectivity index (χ1v) is 17.2. The second-order valence-electron chi connectivity index (χ2n) is 12.8. The first-order chi connectivity index (χ1) is 22.1. The first-order valence-electron chi connectivity index (χ1n) is 16.1. The molecule has 0 bridgehead atoms. The van der Waals surface area contributed by atoms with Crippen molar-refractivity contribution in [3.8, 4) is 17.2 Å². The van der Waals surface area contributed by atoms with Crippen LogP contribution in [0.4, 0.5) is 4.79 Å². The van der Waals surface area contributed by atoms with Crippen LogP contribution in [0.3, 0.4) is 0 Å². The Morgan fingerprint density at radius 2 is 1.65 bits per heavy atom. The summed E-state index contributed by atoms with van der Waals surface area (Å²) in [6.07, 6.45) is 6.24. The molecule has 0 aliphatic heterocycles. The van der Waals surface area contributed by atoms with Gasteiger partial charge < -0.3 is 30.0 Å². The minimum absolute atomic E-state index is 0.0962. The second kappa shape index (κ2) is 17.2. The Kier molecular flexibility index (Phi) is 13.1. The molecular formula is C37H48N2O6S. The van der Waals surface area contributed by atoms with Crippen LogP contribution >= 0.6 is 11.8 Å². The zero-order valence-electron chi connectivity index (χ0n) is 27.4. The lowest BCUT2D eigenvalue weighted by Gasteiger charge is -2.31. The summed E-state index contributed by atoms with van der Waals surface area (Å²) in [6, 6.07) is 21.9. The number of carbonyl (C=O) groups excluding carboxylic acids is 2. The molecule has 2 amide bonds. The van der Waals surface area contributed by atoms with Crippen LogP contribution < -0.4 is 20.1 Å². The molecule has 4 rings (SSSR count). The number of phenolic OH excluding ortho intramolecular Hbond substituents is 1. The highest BCUT2D eigenvalue weighted by molar-refractivity contribution is 7.99. The molecule has 248 valence electrons. The average molecular weight is 649 g/mol. The number of rotatable bonds is 14. The Balaban J connectivity index is 1.59. The van der Waals surface area contributed by atoms with Gasteiger partial charge in [-0.1, -0.05) is 67.8 Å². The molecule has 0 heterocycles. The topological polar surface area (TPSA) is 106 Å². The fraction of sp³-hybridized carbons (Fsp3) is 0.459. The van der Waals surface area contributed by atoms with E-state index < -0.39 is 23.6 Å². The second-order valence-corrected chi connectivity index (χ2v) is 14.1. The van der Waals surface area contributed by atoms with Gasteiger partial charge in [-0.3, -0.25) is 4.79 Å². The highest BCUT2D eigenvalue weighted by Crippen LogP contribution is 2.33. The number of ether oxygens (including phenoxy) is 3. The third kappa shape index (κ3) is 11.2. The monoisotopic (exact) mass is 648 g/mol. The van der Waals surface area contributed by atoms with Gasteiger partial charge in [0.25, 0.3) is 5.91 Å². The molecule has 1 saturated carbocycles. The predicted octanol–water partition coefficient (Wildman–Crippen LogP) is 7.53. The number of thioether (sulfide) groups is 1. The quantitative estimate of drug-likeness (QED) is 0.166. The van der Waals surface area contributed by atoms with Crippen LogP contribution in [0.1, 0.15) is 74.4 Å². The molecule has 0 aromatic heterocycles. The molecule has 1 aliphatic carbocycles. The summed E-state index contributed by atoms with van der Waals surface area (Å²) in [6.45, 7) is 6.03. The summed E-state index contributed by atoms with van der Waals surface area (Å²) in [7, 11) is 1.63.